The van der Waals surface area contributed by atoms with Crippen LogP contribution in [0, 0.1) is 18.8 Å². The van der Waals surface area contributed by atoms with Crippen molar-refractivity contribution in [2.75, 3.05) is 13.7 Å². The maximum absolute atomic E-state index is 11.4. The van der Waals surface area contributed by atoms with Crippen LogP contribution in [0.5, 0.6) is 0 Å². The van der Waals surface area contributed by atoms with Crippen LogP contribution in [0.3, 0.4) is 0 Å². The summed E-state index contributed by atoms with van der Waals surface area (Å²) in [5, 5.41) is 9.37. The van der Waals surface area contributed by atoms with Gasteiger partial charge < -0.3 is 19.3 Å². The van der Waals surface area contributed by atoms with Crippen LogP contribution in [-0.2, 0) is 19.0 Å². The van der Waals surface area contributed by atoms with E-state index in [-0.39, 0.29) is 31.3 Å². The van der Waals surface area contributed by atoms with Gasteiger partial charge in [0.2, 0.25) is 0 Å². The minimum absolute atomic E-state index is 0.162. The second kappa shape index (κ2) is 10.8. The molecule has 0 saturated carbocycles. The topological polar surface area (TPSA) is 65.0 Å². The first-order valence-corrected chi connectivity index (χ1v) is 9.36. The summed E-state index contributed by atoms with van der Waals surface area (Å²) in [5.74, 6) is 5.13. The van der Waals surface area contributed by atoms with Crippen molar-refractivity contribution in [1.29, 1.82) is 0 Å². The van der Waals surface area contributed by atoms with Crippen molar-refractivity contribution in [2.24, 2.45) is 0 Å². The highest BCUT2D eigenvalue weighted by Crippen LogP contribution is 2.21. The van der Waals surface area contributed by atoms with Crippen LogP contribution in [0.2, 0.25) is 0 Å². The molecule has 0 bridgehead atoms. The van der Waals surface area contributed by atoms with E-state index in [0.717, 1.165) is 16.7 Å². The molecule has 0 saturated heterocycles. The number of hydrogen-bond acceptors (Lipinski definition) is 4. The number of benzene rings is 1. The number of carboxylic acid groups (broad SMARTS) is 1. The fraction of sp³-hybridized carbons (Fsp3) is 0.435. The molecule has 3 unspecified atom stereocenters. The molecule has 150 valence electrons. The van der Waals surface area contributed by atoms with Crippen LogP contribution in [0.4, 0.5) is 0 Å². The largest absolute Gasteiger partial charge is 0.479 e. The van der Waals surface area contributed by atoms with Crippen LogP contribution in [0.1, 0.15) is 31.4 Å². The van der Waals surface area contributed by atoms with Crippen LogP contribution < -0.4 is 0 Å². The highest BCUT2D eigenvalue weighted by Gasteiger charge is 2.25. The normalized spacial score (nSPS) is 19.7. The predicted octanol–water partition coefficient (Wildman–Crippen LogP) is 3.51. The maximum atomic E-state index is 11.4. The highest BCUT2D eigenvalue weighted by atomic mass is 16.5. The average Bonchev–Trinajstić information content (AvgIpc) is 2.64. The van der Waals surface area contributed by atoms with E-state index in [1.165, 1.54) is 0 Å². The Kier molecular flexibility index (Phi) is 8.46. The second-order valence-electron chi connectivity index (χ2n) is 6.96. The fourth-order valence-corrected chi connectivity index (χ4v) is 2.92. The first-order chi connectivity index (χ1) is 13.4. The van der Waals surface area contributed by atoms with E-state index in [2.05, 4.69) is 11.8 Å². The number of ether oxygens (including phenoxy) is 3. The molecule has 0 radical (unpaired) electrons. The third kappa shape index (κ3) is 6.97. The van der Waals surface area contributed by atoms with Crippen molar-refractivity contribution in [3.05, 3.63) is 59.2 Å². The van der Waals surface area contributed by atoms with Crippen LogP contribution in [-0.4, -0.2) is 49.2 Å². The third-order valence-corrected chi connectivity index (χ3v) is 4.21. The first kappa shape index (κ1) is 21.9. The Balaban J connectivity index is 2.00. The van der Waals surface area contributed by atoms with Gasteiger partial charge in [0.25, 0.3) is 0 Å². The Morgan fingerprint density at radius 1 is 1.29 bits per heavy atom. The Hall–Kier alpha value is -2.39. The van der Waals surface area contributed by atoms with Gasteiger partial charge in [-0.25, -0.2) is 4.79 Å². The van der Waals surface area contributed by atoms with Crippen LogP contribution in [0.25, 0.3) is 0 Å². The summed E-state index contributed by atoms with van der Waals surface area (Å²) in [6.07, 6.45) is 4.29. The molecule has 0 amide bonds. The lowest BCUT2D eigenvalue weighted by Gasteiger charge is -2.26. The Morgan fingerprint density at radius 2 is 2.07 bits per heavy atom. The van der Waals surface area contributed by atoms with E-state index >= 15 is 0 Å². The van der Waals surface area contributed by atoms with Crippen molar-refractivity contribution < 1.29 is 24.1 Å². The summed E-state index contributed by atoms with van der Waals surface area (Å²) >= 11 is 0. The molecule has 1 aliphatic carbocycles. The van der Waals surface area contributed by atoms with Gasteiger partial charge in [-0.15, -0.1) is 0 Å². The van der Waals surface area contributed by atoms with Gasteiger partial charge in [0.05, 0.1) is 6.10 Å². The zero-order valence-electron chi connectivity index (χ0n) is 16.8. The summed E-state index contributed by atoms with van der Waals surface area (Å²) in [6, 6.07) is 7.98. The summed E-state index contributed by atoms with van der Waals surface area (Å²) in [5.41, 5.74) is 2.95. The van der Waals surface area contributed by atoms with E-state index in [4.69, 9.17) is 14.2 Å². The first-order valence-electron chi connectivity index (χ1n) is 9.36. The number of allylic oxidation sites excluding steroid dienone is 1. The number of aliphatic carboxylic acids is 1. The lowest BCUT2D eigenvalue weighted by atomic mass is 9.97. The lowest BCUT2D eigenvalue weighted by molar-refractivity contribution is -0.153. The quantitative estimate of drug-likeness (QED) is 0.695. The van der Waals surface area contributed by atoms with Gasteiger partial charge in [0, 0.05) is 19.1 Å². The van der Waals surface area contributed by atoms with Crippen molar-refractivity contribution in [3.63, 3.8) is 0 Å². The molecule has 3 atom stereocenters. The zero-order chi connectivity index (χ0) is 20.5. The molecule has 28 heavy (non-hydrogen) atoms. The number of rotatable bonds is 8. The van der Waals surface area contributed by atoms with Gasteiger partial charge in [-0.3, -0.25) is 0 Å². The van der Waals surface area contributed by atoms with E-state index in [0.29, 0.717) is 0 Å². The number of hydrogen-bond donors (Lipinski definition) is 1. The Morgan fingerprint density at radius 3 is 2.71 bits per heavy atom. The van der Waals surface area contributed by atoms with E-state index < -0.39 is 12.1 Å². The molecular formula is C23H28O5. The monoisotopic (exact) mass is 384 g/mol. The van der Waals surface area contributed by atoms with E-state index in [1.807, 2.05) is 63.3 Å². The van der Waals surface area contributed by atoms with Gasteiger partial charge in [-0.2, -0.15) is 0 Å². The molecule has 1 aliphatic rings. The molecule has 5 heteroatoms. The molecule has 5 nitrogen and oxygen atoms in total. The van der Waals surface area contributed by atoms with Gasteiger partial charge in [-0.05, 0) is 50.1 Å². The van der Waals surface area contributed by atoms with Crippen LogP contribution >= 0.6 is 0 Å². The van der Waals surface area contributed by atoms with Crippen LogP contribution in [0.15, 0.2) is 48.1 Å². The van der Waals surface area contributed by atoms with Crippen molar-refractivity contribution in [2.45, 2.75) is 51.6 Å². The minimum Gasteiger partial charge on any atom is -0.479 e. The average molecular weight is 384 g/mol. The summed E-state index contributed by atoms with van der Waals surface area (Å²) in [4.78, 5) is 11.4. The van der Waals surface area contributed by atoms with E-state index in [9.17, 15) is 9.90 Å². The number of methoxy groups -OCH3 is 1. The Bertz CT molecular complexity index is 782. The molecule has 0 aromatic heterocycles. The number of carbonyl (C=O) groups is 1. The molecule has 0 heterocycles. The third-order valence-electron chi connectivity index (χ3n) is 4.21. The summed E-state index contributed by atoms with van der Waals surface area (Å²) in [6.45, 7) is 5.92. The molecular weight excluding hydrogens is 356 g/mol. The molecule has 0 fully saturated rings. The number of aryl methyl sites for hydroxylation is 1. The molecule has 1 aromatic carbocycles. The van der Waals surface area contributed by atoms with Gasteiger partial charge in [0.15, 0.2) is 6.10 Å². The van der Waals surface area contributed by atoms with Crippen molar-refractivity contribution in [1.82, 2.24) is 0 Å². The predicted molar refractivity (Wildman–Crippen MR) is 108 cm³/mol. The molecule has 2 rings (SSSR count). The molecule has 0 aliphatic heterocycles. The van der Waals surface area contributed by atoms with E-state index in [1.54, 1.807) is 7.11 Å². The summed E-state index contributed by atoms with van der Waals surface area (Å²) in [7, 11) is 1.62. The van der Waals surface area contributed by atoms with Crippen molar-refractivity contribution in [3.8, 4) is 11.8 Å². The zero-order valence-corrected chi connectivity index (χ0v) is 16.8. The molecule has 1 aromatic rings. The highest BCUT2D eigenvalue weighted by molar-refractivity contribution is 5.73. The molecule has 1 N–H and O–H groups in total. The standard InChI is InChI=1S/C23H28O5/c1-16(2)28-22(23(24)25)15-19-10-11-20(26-4)21(14-19)27-12-6-9-18-8-5-7-17(3)13-18/h5,7-8,10-11,13-14,16,20-22H,12,15H2,1-4H3,(H,24,25). The second-order valence-corrected chi connectivity index (χ2v) is 6.96. The van der Waals surface area contributed by atoms with Crippen molar-refractivity contribution >= 4 is 5.97 Å². The summed E-state index contributed by atoms with van der Waals surface area (Å²) < 4.78 is 16.8. The smallest absolute Gasteiger partial charge is 0.333 e. The SMILES string of the molecule is COC1C=CC(CC(OC(C)C)C(=O)O)=CC1OCC#Cc1cccc(C)c1. The van der Waals surface area contributed by atoms with Gasteiger partial charge in [-0.1, -0.05) is 36.1 Å². The van der Waals surface area contributed by atoms with Gasteiger partial charge >= 0.3 is 5.97 Å². The Labute approximate surface area is 167 Å². The fourth-order valence-electron chi connectivity index (χ4n) is 2.92. The maximum Gasteiger partial charge on any atom is 0.333 e. The number of carboxylic acids is 1. The minimum atomic E-state index is -0.974. The lowest BCUT2D eigenvalue weighted by Crippen LogP contribution is -2.32. The molecule has 0 spiro atoms. The van der Waals surface area contributed by atoms with Gasteiger partial charge in [0.1, 0.15) is 18.8 Å².